The maximum Gasteiger partial charge on any atom is 0.240 e. The smallest absolute Gasteiger partial charge is 0.240 e. The van der Waals surface area contributed by atoms with Gasteiger partial charge in [-0.25, -0.2) is 9.82 Å². The number of nitrogens with one attached hydrogen (secondary N) is 1. The lowest BCUT2D eigenvalue weighted by Crippen LogP contribution is -2.41. The van der Waals surface area contributed by atoms with Crippen LogP contribution in [0.3, 0.4) is 0 Å². The molecule has 1 atom stereocenters. The molecule has 0 fully saturated rings. The van der Waals surface area contributed by atoms with Crippen molar-refractivity contribution in [3.63, 3.8) is 0 Å². The maximum absolute atomic E-state index is 14.5. The summed E-state index contributed by atoms with van der Waals surface area (Å²) in [5, 5.41) is 4.05. The van der Waals surface area contributed by atoms with E-state index in [0.717, 1.165) is 6.42 Å². The van der Waals surface area contributed by atoms with Crippen LogP contribution in [-0.4, -0.2) is 33.2 Å². The molecule has 29 heavy (non-hydrogen) atoms. The lowest BCUT2D eigenvalue weighted by molar-refractivity contribution is -0.121. The second kappa shape index (κ2) is 9.34. The summed E-state index contributed by atoms with van der Waals surface area (Å²) >= 11 is 0. The molecule has 2 rings (SSSR count). The standard InChI is InChI=1S/C21H32F2N2O3Si/c1-14-13-17(26)24-25-20(14)15-9-10-16(19(23)18(15)22)27-11-7-8-12-28-29(5,6)21(2,3)4/h9-10,14H,7-8,11-13H2,1-6H3,(H,24,26). The van der Waals surface area contributed by atoms with Gasteiger partial charge in [0.2, 0.25) is 11.7 Å². The zero-order valence-electron chi connectivity index (χ0n) is 18.2. The van der Waals surface area contributed by atoms with Crippen molar-refractivity contribution >= 4 is 19.9 Å². The van der Waals surface area contributed by atoms with Crippen molar-refractivity contribution in [1.29, 1.82) is 0 Å². The molecule has 0 spiro atoms. The maximum atomic E-state index is 14.5. The molecule has 0 aliphatic carbocycles. The number of carbonyl (C=O) groups is 1. The zero-order chi connectivity index (χ0) is 21.8. The lowest BCUT2D eigenvalue weighted by atomic mass is 9.93. The fourth-order valence-electron chi connectivity index (χ4n) is 2.75. The van der Waals surface area contributed by atoms with Crippen LogP contribution in [0, 0.1) is 17.6 Å². The van der Waals surface area contributed by atoms with Crippen molar-refractivity contribution in [3.05, 3.63) is 29.3 Å². The van der Waals surface area contributed by atoms with Crippen molar-refractivity contribution in [1.82, 2.24) is 5.43 Å². The number of ether oxygens (including phenoxy) is 1. The van der Waals surface area contributed by atoms with E-state index >= 15 is 0 Å². The highest BCUT2D eigenvalue weighted by atomic mass is 28.4. The Balaban J connectivity index is 1.88. The second-order valence-corrected chi connectivity index (χ2v) is 13.9. The Hall–Kier alpha value is -1.80. The number of nitrogens with zero attached hydrogens (tertiary/aromatic N) is 1. The number of carbonyl (C=O) groups excluding carboxylic acids is 1. The number of hydrazone groups is 1. The van der Waals surface area contributed by atoms with Crippen LogP contribution in [0.1, 0.15) is 52.5 Å². The number of amides is 1. The van der Waals surface area contributed by atoms with E-state index in [-0.39, 0.29) is 41.2 Å². The van der Waals surface area contributed by atoms with Crippen LogP contribution in [0.4, 0.5) is 8.78 Å². The molecule has 5 nitrogen and oxygen atoms in total. The van der Waals surface area contributed by atoms with Gasteiger partial charge >= 0.3 is 0 Å². The summed E-state index contributed by atoms with van der Waals surface area (Å²) in [4.78, 5) is 11.3. The van der Waals surface area contributed by atoms with Gasteiger partial charge in [0.05, 0.1) is 12.3 Å². The number of hydrogen-bond acceptors (Lipinski definition) is 4. The largest absolute Gasteiger partial charge is 0.490 e. The van der Waals surface area contributed by atoms with Gasteiger partial charge in [0.25, 0.3) is 0 Å². The van der Waals surface area contributed by atoms with Gasteiger partial charge in [-0.05, 0) is 43.1 Å². The summed E-state index contributed by atoms with van der Waals surface area (Å²) in [7, 11) is -1.77. The number of rotatable bonds is 8. The third kappa shape index (κ3) is 5.85. The first-order chi connectivity index (χ1) is 13.4. The molecule has 1 unspecified atom stereocenters. The van der Waals surface area contributed by atoms with Crippen LogP contribution in [-0.2, 0) is 9.22 Å². The molecular weight excluding hydrogens is 394 g/mol. The van der Waals surface area contributed by atoms with Gasteiger partial charge in [-0.3, -0.25) is 4.79 Å². The molecule has 1 aromatic carbocycles. The highest BCUT2D eigenvalue weighted by Gasteiger charge is 2.36. The monoisotopic (exact) mass is 426 g/mol. The van der Waals surface area contributed by atoms with Crippen molar-refractivity contribution in [2.24, 2.45) is 11.0 Å². The van der Waals surface area contributed by atoms with Gasteiger partial charge < -0.3 is 9.16 Å². The number of halogens is 2. The highest BCUT2D eigenvalue weighted by Crippen LogP contribution is 2.36. The van der Waals surface area contributed by atoms with Crippen LogP contribution < -0.4 is 10.2 Å². The van der Waals surface area contributed by atoms with E-state index in [0.29, 0.717) is 18.7 Å². The first-order valence-electron chi connectivity index (χ1n) is 10.1. The summed E-state index contributed by atoms with van der Waals surface area (Å²) in [6.45, 7) is 13.6. The van der Waals surface area contributed by atoms with E-state index in [4.69, 9.17) is 9.16 Å². The normalized spacial score (nSPS) is 17.7. The van der Waals surface area contributed by atoms with Crippen LogP contribution in [0.2, 0.25) is 18.1 Å². The van der Waals surface area contributed by atoms with Gasteiger partial charge in [-0.1, -0.05) is 27.7 Å². The molecule has 162 valence electrons. The summed E-state index contributed by atoms with van der Waals surface area (Å²) in [5.74, 6) is -2.69. The number of unbranched alkanes of at least 4 members (excludes halogenated alkanes) is 1. The van der Waals surface area contributed by atoms with Gasteiger partial charge in [-0.2, -0.15) is 9.49 Å². The average molecular weight is 427 g/mol. The summed E-state index contributed by atoms with van der Waals surface area (Å²) in [6, 6.07) is 2.85. The van der Waals surface area contributed by atoms with Gasteiger partial charge in [0, 0.05) is 24.5 Å². The Morgan fingerprint density at radius 1 is 1.17 bits per heavy atom. The number of benzene rings is 1. The van der Waals surface area contributed by atoms with E-state index in [2.05, 4.69) is 44.4 Å². The molecule has 8 heteroatoms. The quantitative estimate of drug-likeness (QED) is 0.470. The Morgan fingerprint density at radius 2 is 1.83 bits per heavy atom. The lowest BCUT2D eigenvalue weighted by Gasteiger charge is -2.36. The van der Waals surface area contributed by atoms with Crippen LogP contribution in [0.5, 0.6) is 5.75 Å². The van der Waals surface area contributed by atoms with Crippen LogP contribution in [0.25, 0.3) is 0 Å². The minimum Gasteiger partial charge on any atom is -0.490 e. The second-order valence-electron chi connectivity index (χ2n) is 9.04. The van der Waals surface area contributed by atoms with E-state index in [1.165, 1.54) is 12.1 Å². The van der Waals surface area contributed by atoms with Crippen LogP contribution in [0.15, 0.2) is 17.2 Å². The topological polar surface area (TPSA) is 59.9 Å². The predicted octanol–water partition coefficient (Wildman–Crippen LogP) is 5.01. The highest BCUT2D eigenvalue weighted by molar-refractivity contribution is 6.74. The Bertz CT molecular complexity index is 776. The molecule has 0 radical (unpaired) electrons. The Kier molecular flexibility index (Phi) is 7.56. The molecule has 0 saturated heterocycles. The molecule has 0 bridgehead atoms. The van der Waals surface area contributed by atoms with Crippen molar-refractivity contribution < 1.29 is 22.7 Å². The zero-order valence-corrected chi connectivity index (χ0v) is 19.2. The molecule has 1 aliphatic rings. The molecule has 1 heterocycles. The third-order valence-electron chi connectivity index (χ3n) is 5.65. The van der Waals surface area contributed by atoms with E-state index in [1.54, 1.807) is 6.92 Å². The summed E-state index contributed by atoms with van der Waals surface area (Å²) < 4.78 is 40.5. The van der Waals surface area contributed by atoms with E-state index in [1.807, 2.05) is 0 Å². The molecule has 1 N–H and O–H groups in total. The Labute approximate surface area is 173 Å². The minimum atomic E-state index is -1.77. The molecular formula is C21H32F2N2O3Si. The van der Waals surface area contributed by atoms with E-state index in [9.17, 15) is 13.6 Å². The molecule has 0 aromatic heterocycles. The summed E-state index contributed by atoms with van der Waals surface area (Å²) in [6.07, 6.45) is 1.67. The summed E-state index contributed by atoms with van der Waals surface area (Å²) in [5.41, 5.74) is 2.69. The number of hydrogen-bond donors (Lipinski definition) is 1. The van der Waals surface area contributed by atoms with Crippen LogP contribution >= 0.6 is 0 Å². The van der Waals surface area contributed by atoms with Gasteiger partial charge in [0.15, 0.2) is 19.9 Å². The molecule has 1 amide bonds. The first-order valence-corrected chi connectivity index (χ1v) is 13.0. The molecule has 1 aliphatic heterocycles. The third-order valence-corrected chi connectivity index (χ3v) is 10.2. The average Bonchev–Trinajstić information content (AvgIpc) is 2.61. The minimum absolute atomic E-state index is 0.0464. The fourth-order valence-corrected chi connectivity index (χ4v) is 3.84. The van der Waals surface area contributed by atoms with Crippen molar-refractivity contribution in [3.8, 4) is 5.75 Å². The SMILES string of the molecule is CC1CC(=O)NN=C1c1ccc(OCCCCO[Si](C)(C)C(C)(C)C)c(F)c1F. The predicted molar refractivity (Wildman–Crippen MR) is 113 cm³/mol. The molecule has 1 aromatic rings. The van der Waals surface area contributed by atoms with E-state index < -0.39 is 20.0 Å². The van der Waals surface area contributed by atoms with Crippen molar-refractivity contribution in [2.75, 3.05) is 13.2 Å². The first kappa shape index (κ1) is 23.5. The fraction of sp³-hybridized carbons (Fsp3) is 0.619. The van der Waals surface area contributed by atoms with Gasteiger partial charge in [0.1, 0.15) is 0 Å². The Morgan fingerprint density at radius 3 is 2.45 bits per heavy atom. The van der Waals surface area contributed by atoms with Crippen molar-refractivity contribution in [2.45, 2.75) is 65.1 Å². The molecule has 0 saturated carbocycles. The van der Waals surface area contributed by atoms with Gasteiger partial charge in [-0.15, -0.1) is 0 Å².